The zero-order valence-corrected chi connectivity index (χ0v) is 22.6. The van der Waals surface area contributed by atoms with Crippen molar-refractivity contribution < 1.29 is 33.0 Å². The van der Waals surface area contributed by atoms with E-state index in [9.17, 15) is 9.59 Å². The van der Waals surface area contributed by atoms with Crippen molar-refractivity contribution in [2.24, 2.45) is 0 Å². The van der Waals surface area contributed by atoms with E-state index in [4.69, 9.17) is 18.6 Å². The Morgan fingerprint density at radius 2 is 1.50 bits per heavy atom. The van der Waals surface area contributed by atoms with Crippen molar-refractivity contribution in [3.05, 3.63) is 71.6 Å². The van der Waals surface area contributed by atoms with Crippen molar-refractivity contribution in [1.82, 2.24) is 10.3 Å². The van der Waals surface area contributed by atoms with Gasteiger partial charge in [-0.2, -0.15) is 4.98 Å². The van der Waals surface area contributed by atoms with Crippen LogP contribution in [0.5, 0.6) is 17.6 Å². The number of oxazole rings is 1. The standard InChI is InChI=1S/C29H34N2O7/c1-28(2,3)38-26(33)30-20-15-23(16-20)36-21-11-7-18(8-12-21)29(4,5)19-9-13-22(14-10-19)37-27-31-24(17-35-27)25(32)34-6/h7-14,17,20,23H,15-16H2,1-6H3,(H,30,33)/t20-,23-. The van der Waals surface area contributed by atoms with Crippen LogP contribution in [-0.2, 0) is 14.9 Å². The molecule has 1 fully saturated rings. The van der Waals surface area contributed by atoms with Crippen molar-refractivity contribution in [2.45, 2.75) is 70.6 Å². The summed E-state index contributed by atoms with van der Waals surface area (Å²) in [4.78, 5) is 27.4. The van der Waals surface area contributed by atoms with Crippen LogP contribution >= 0.6 is 0 Å². The molecule has 0 saturated heterocycles. The molecule has 1 N–H and O–H groups in total. The van der Waals surface area contributed by atoms with Gasteiger partial charge in [0.1, 0.15) is 29.5 Å². The second kappa shape index (κ2) is 10.8. The van der Waals surface area contributed by atoms with Gasteiger partial charge >= 0.3 is 18.1 Å². The molecule has 0 atom stereocenters. The minimum absolute atomic E-state index is 0.0357. The lowest BCUT2D eigenvalue weighted by Crippen LogP contribution is -2.50. The fourth-order valence-electron chi connectivity index (χ4n) is 4.11. The Morgan fingerprint density at radius 3 is 2.05 bits per heavy atom. The number of carbonyl (C=O) groups excluding carboxylic acids is 2. The Balaban J connectivity index is 1.30. The van der Waals surface area contributed by atoms with Gasteiger partial charge in [-0.15, -0.1) is 0 Å². The molecule has 0 aliphatic heterocycles. The monoisotopic (exact) mass is 522 g/mol. The third kappa shape index (κ3) is 6.65. The number of nitrogens with one attached hydrogen (secondary N) is 1. The number of hydrogen-bond acceptors (Lipinski definition) is 8. The lowest BCUT2D eigenvalue weighted by molar-refractivity contribution is 0.0362. The largest absolute Gasteiger partial charge is 0.490 e. The molecule has 202 valence electrons. The number of esters is 1. The van der Waals surface area contributed by atoms with Crippen molar-refractivity contribution in [2.75, 3.05) is 7.11 Å². The van der Waals surface area contributed by atoms with E-state index >= 15 is 0 Å². The minimum Gasteiger partial charge on any atom is -0.490 e. The van der Waals surface area contributed by atoms with Crippen LogP contribution in [0.3, 0.4) is 0 Å². The van der Waals surface area contributed by atoms with Gasteiger partial charge < -0.3 is 28.7 Å². The fourth-order valence-corrected chi connectivity index (χ4v) is 4.11. The van der Waals surface area contributed by atoms with Crippen LogP contribution < -0.4 is 14.8 Å². The molecule has 0 radical (unpaired) electrons. The summed E-state index contributed by atoms with van der Waals surface area (Å²) in [6, 6.07) is 15.8. The summed E-state index contributed by atoms with van der Waals surface area (Å²) in [5.74, 6) is 0.738. The number of benzene rings is 2. The average molecular weight is 523 g/mol. The molecular formula is C29H34N2O7. The summed E-state index contributed by atoms with van der Waals surface area (Å²) in [5, 5.41) is 2.88. The van der Waals surface area contributed by atoms with E-state index in [0.717, 1.165) is 29.7 Å². The lowest BCUT2D eigenvalue weighted by Gasteiger charge is -2.36. The molecule has 1 aromatic heterocycles. The zero-order chi connectivity index (χ0) is 27.5. The molecule has 38 heavy (non-hydrogen) atoms. The number of aromatic nitrogens is 1. The van der Waals surface area contributed by atoms with Gasteiger partial charge in [0.2, 0.25) is 0 Å². The highest BCUT2D eigenvalue weighted by atomic mass is 16.6. The SMILES string of the molecule is COC(=O)c1coc(Oc2ccc(C(C)(C)c3ccc(O[C@H]4C[C@H](NC(=O)OC(C)(C)C)C4)cc3)cc2)n1. The zero-order valence-electron chi connectivity index (χ0n) is 22.6. The summed E-state index contributed by atoms with van der Waals surface area (Å²) in [6.45, 7) is 9.83. The molecule has 9 nitrogen and oxygen atoms in total. The van der Waals surface area contributed by atoms with Gasteiger partial charge in [-0.3, -0.25) is 0 Å². The van der Waals surface area contributed by atoms with Crippen LogP contribution in [0.2, 0.25) is 0 Å². The highest BCUT2D eigenvalue weighted by molar-refractivity contribution is 5.86. The van der Waals surface area contributed by atoms with E-state index in [-0.39, 0.29) is 29.3 Å². The summed E-state index contributed by atoms with van der Waals surface area (Å²) >= 11 is 0. The minimum atomic E-state index is -0.593. The predicted octanol–water partition coefficient (Wildman–Crippen LogP) is 6.01. The number of ether oxygens (including phenoxy) is 4. The molecule has 4 rings (SSSR count). The number of alkyl carbamates (subject to hydrolysis) is 1. The highest BCUT2D eigenvalue weighted by Gasteiger charge is 2.33. The van der Waals surface area contributed by atoms with Crippen LogP contribution in [0.1, 0.15) is 69.1 Å². The van der Waals surface area contributed by atoms with Crippen molar-refractivity contribution in [3.8, 4) is 17.6 Å². The topological polar surface area (TPSA) is 109 Å². The van der Waals surface area contributed by atoms with Crippen LogP contribution in [0, 0.1) is 0 Å². The van der Waals surface area contributed by atoms with Crippen LogP contribution in [0.4, 0.5) is 4.79 Å². The van der Waals surface area contributed by atoms with Crippen LogP contribution in [-0.4, -0.2) is 41.9 Å². The summed E-state index contributed by atoms with van der Waals surface area (Å²) in [5.41, 5.74) is 1.49. The molecule has 0 unspecified atom stereocenters. The first-order chi connectivity index (χ1) is 17.9. The smallest absolute Gasteiger partial charge is 0.407 e. The Labute approximate surface area is 222 Å². The Kier molecular flexibility index (Phi) is 7.66. The van der Waals surface area contributed by atoms with Gasteiger partial charge in [0.05, 0.1) is 7.11 Å². The summed E-state index contributed by atoms with van der Waals surface area (Å²) < 4.78 is 26.8. The Bertz CT molecular complexity index is 1250. The molecule has 3 aromatic rings. The number of amides is 1. The maximum atomic E-state index is 11.9. The number of carbonyl (C=O) groups is 2. The molecule has 1 saturated carbocycles. The van der Waals surface area contributed by atoms with E-state index < -0.39 is 17.7 Å². The first kappa shape index (κ1) is 27.0. The molecule has 1 aliphatic rings. The third-order valence-corrected chi connectivity index (χ3v) is 6.35. The van der Waals surface area contributed by atoms with Gasteiger partial charge in [-0.1, -0.05) is 38.1 Å². The van der Waals surface area contributed by atoms with E-state index in [1.807, 2.05) is 57.2 Å². The Hall–Kier alpha value is -4.01. The second-order valence-electron chi connectivity index (χ2n) is 10.8. The molecular weight excluding hydrogens is 488 g/mol. The number of hydrogen-bond donors (Lipinski definition) is 1. The van der Waals surface area contributed by atoms with E-state index in [0.29, 0.717) is 5.75 Å². The van der Waals surface area contributed by atoms with Crippen molar-refractivity contribution in [1.29, 1.82) is 0 Å². The van der Waals surface area contributed by atoms with Gasteiger partial charge in [0.15, 0.2) is 5.69 Å². The normalized spacial score (nSPS) is 17.2. The van der Waals surface area contributed by atoms with E-state index in [1.165, 1.54) is 13.4 Å². The van der Waals surface area contributed by atoms with Crippen molar-refractivity contribution in [3.63, 3.8) is 0 Å². The number of rotatable bonds is 8. The van der Waals surface area contributed by atoms with E-state index in [2.05, 4.69) is 41.0 Å². The fraction of sp³-hybridized carbons (Fsp3) is 0.414. The predicted molar refractivity (Wildman–Crippen MR) is 140 cm³/mol. The van der Waals surface area contributed by atoms with E-state index in [1.54, 1.807) is 0 Å². The maximum absolute atomic E-state index is 11.9. The first-order valence-electron chi connectivity index (χ1n) is 12.5. The molecule has 2 aromatic carbocycles. The van der Waals surface area contributed by atoms with Gasteiger partial charge in [-0.05, 0) is 56.2 Å². The van der Waals surface area contributed by atoms with Gasteiger partial charge in [0.25, 0.3) is 0 Å². The number of nitrogens with zero attached hydrogens (tertiary/aromatic N) is 1. The molecule has 9 heteroatoms. The summed E-state index contributed by atoms with van der Waals surface area (Å²) in [6.07, 6.45) is 2.32. The maximum Gasteiger partial charge on any atom is 0.407 e. The second-order valence-corrected chi connectivity index (χ2v) is 10.8. The molecule has 1 heterocycles. The summed E-state index contributed by atoms with van der Waals surface area (Å²) in [7, 11) is 1.27. The molecule has 0 spiro atoms. The average Bonchev–Trinajstić information content (AvgIpc) is 3.30. The molecule has 1 amide bonds. The van der Waals surface area contributed by atoms with Crippen LogP contribution in [0.15, 0.2) is 59.2 Å². The van der Waals surface area contributed by atoms with Crippen LogP contribution in [0.25, 0.3) is 0 Å². The first-order valence-corrected chi connectivity index (χ1v) is 12.5. The Morgan fingerprint density at radius 1 is 0.921 bits per heavy atom. The quantitative estimate of drug-likeness (QED) is 0.358. The highest BCUT2D eigenvalue weighted by Crippen LogP contribution is 2.35. The number of methoxy groups -OCH3 is 1. The van der Waals surface area contributed by atoms with Gasteiger partial charge in [0, 0.05) is 24.3 Å². The molecule has 0 bridgehead atoms. The van der Waals surface area contributed by atoms with Gasteiger partial charge in [-0.25, -0.2) is 9.59 Å². The molecule has 1 aliphatic carbocycles. The van der Waals surface area contributed by atoms with Crippen molar-refractivity contribution >= 4 is 12.1 Å². The lowest BCUT2D eigenvalue weighted by atomic mass is 9.78. The third-order valence-electron chi connectivity index (χ3n) is 6.35.